The molecule has 0 radical (unpaired) electrons. The van der Waals surface area contributed by atoms with Crippen molar-refractivity contribution < 1.29 is 4.74 Å². The van der Waals surface area contributed by atoms with Gasteiger partial charge in [0, 0.05) is 0 Å². The third-order valence-electron chi connectivity index (χ3n) is 3.26. The van der Waals surface area contributed by atoms with Crippen LogP contribution in [-0.4, -0.2) is 7.11 Å². The van der Waals surface area contributed by atoms with Crippen molar-refractivity contribution in [2.75, 3.05) is 7.11 Å². The smallest absolute Gasteiger partial charge is 0.119 e. The third kappa shape index (κ3) is 3.56. The highest BCUT2D eigenvalue weighted by atomic mass is 16.5. The zero-order valence-electron chi connectivity index (χ0n) is 11.4. The zero-order chi connectivity index (χ0) is 13.7. The topological polar surface area (TPSA) is 47.3 Å². The molecule has 19 heavy (non-hydrogen) atoms. The second kappa shape index (κ2) is 6.36. The maximum absolute atomic E-state index is 5.68. The van der Waals surface area contributed by atoms with Gasteiger partial charge in [0.15, 0.2) is 0 Å². The summed E-state index contributed by atoms with van der Waals surface area (Å²) in [6.45, 7) is 2.09. The molecule has 0 aromatic heterocycles. The molecular formula is C16H20N2O. The lowest BCUT2D eigenvalue weighted by atomic mass is 9.98. The van der Waals surface area contributed by atoms with Crippen molar-refractivity contribution in [2.24, 2.45) is 5.84 Å². The van der Waals surface area contributed by atoms with E-state index in [0.29, 0.717) is 0 Å². The Labute approximate surface area is 114 Å². The van der Waals surface area contributed by atoms with Gasteiger partial charge in [-0.2, -0.15) is 0 Å². The highest BCUT2D eigenvalue weighted by Gasteiger charge is 2.11. The second-order valence-corrected chi connectivity index (χ2v) is 4.69. The van der Waals surface area contributed by atoms with Gasteiger partial charge in [0.2, 0.25) is 0 Å². The summed E-state index contributed by atoms with van der Waals surface area (Å²) >= 11 is 0. The van der Waals surface area contributed by atoms with Crippen LogP contribution in [0.3, 0.4) is 0 Å². The Kier molecular flexibility index (Phi) is 4.55. The molecule has 0 aliphatic carbocycles. The molecule has 0 amide bonds. The number of aryl methyl sites for hydroxylation is 1. The van der Waals surface area contributed by atoms with Crippen LogP contribution in [0.5, 0.6) is 5.75 Å². The maximum atomic E-state index is 5.68. The summed E-state index contributed by atoms with van der Waals surface area (Å²) in [5, 5.41) is 0. The summed E-state index contributed by atoms with van der Waals surface area (Å²) in [6, 6.07) is 16.6. The molecule has 3 nitrogen and oxygen atoms in total. The van der Waals surface area contributed by atoms with E-state index in [1.54, 1.807) is 7.11 Å². The fraction of sp³-hybridized carbons (Fsp3) is 0.250. The van der Waals surface area contributed by atoms with E-state index >= 15 is 0 Å². The highest BCUT2D eigenvalue weighted by Crippen LogP contribution is 2.22. The van der Waals surface area contributed by atoms with Crippen molar-refractivity contribution in [1.29, 1.82) is 0 Å². The first-order chi connectivity index (χ1) is 9.22. The predicted molar refractivity (Wildman–Crippen MR) is 77.9 cm³/mol. The highest BCUT2D eigenvalue weighted by molar-refractivity contribution is 5.32. The Bertz CT molecular complexity index is 523. The Morgan fingerprint density at radius 2 is 1.89 bits per heavy atom. The van der Waals surface area contributed by atoms with Gasteiger partial charge < -0.3 is 4.74 Å². The minimum atomic E-state index is 0.0813. The number of hydrogen-bond acceptors (Lipinski definition) is 3. The first-order valence-corrected chi connectivity index (χ1v) is 6.38. The molecule has 0 saturated carbocycles. The molecular weight excluding hydrogens is 236 g/mol. The normalized spacial score (nSPS) is 12.2. The molecule has 0 fully saturated rings. The number of hydrogen-bond donors (Lipinski definition) is 2. The van der Waals surface area contributed by atoms with Crippen molar-refractivity contribution in [3.05, 3.63) is 65.2 Å². The monoisotopic (exact) mass is 256 g/mol. The molecule has 0 aliphatic rings. The molecule has 2 aromatic carbocycles. The van der Waals surface area contributed by atoms with Gasteiger partial charge in [-0.3, -0.25) is 11.3 Å². The minimum absolute atomic E-state index is 0.0813. The summed E-state index contributed by atoms with van der Waals surface area (Å²) in [5.74, 6) is 6.53. The summed E-state index contributed by atoms with van der Waals surface area (Å²) in [6.07, 6.45) is 0.851. The van der Waals surface area contributed by atoms with E-state index < -0.39 is 0 Å². The van der Waals surface area contributed by atoms with Gasteiger partial charge in [-0.1, -0.05) is 42.0 Å². The molecule has 0 spiro atoms. The zero-order valence-corrected chi connectivity index (χ0v) is 11.4. The Hall–Kier alpha value is -1.84. The number of nitrogens with two attached hydrogens (primary N) is 1. The van der Waals surface area contributed by atoms with Crippen LogP contribution in [0, 0.1) is 6.92 Å². The largest absolute Gasteiger partial charge is 0.497 e. The molecule has 0 aliphatic heterocycles. The quantitative estimate of drug-likeness (QED) is 0.639. The number of nitrogens with one attached hydrogen (secondary N) is 1. The van der Waals surface area contributed by atoms with Crippen LogP contribution in [-0.2, 0) is 6.42 Å². The second-order valence-electron chi connectivity index (χ2n) is 4.69. The Balaban J connectivity index is 2.17. The van der Waals surface area contributed by atoms with Gasteiger partial charge in [0.05, 0.1) is 13.2 Å². The van der Waals surface area contributed by atoms with Crippen LogP contribution in [0.25, 0.3) is 0 Å². The van der Waals surface area contributed by atoms with Gasteiger partial charge >= 0.3 is 0 Å². The lowest BCUT2D eigenvalue weighted by Crippen LogP contribution is -2.29. The lowest BCUT2D eigenvalue weighted by Gasteiger charge is -2.17. The number of rotatable bonds is 5. The molecule has 2 aromatic rings. The van der Waals surface area contributed by atoms with Crippen molar-refractivity contribution >= 4 is 0 Å². The standard InChI is InChI=1S/C16H20N2O/c1-12-6-8-13(9-7-12)10-16(18-17)14-4-3-5-15(11-14)19-2/h3-9,11,16,18H,10,17H2,1-2H3. The van der Waals surface area contributed by atoms with E-state index in [-0.39, 0.29) is 6.04 Å². The fourth-order valence-electron chi connectivity index (χ4n) is 2.09. The molecule has 100 valence electrons. The van der Waals surface area contributed by atoms with Gasteiger partial charge in [0.1, 0.15) is 5.75 Å². The van der Waals surface area contributed by atoms with E-state index in [1.165, 1.54) is 11.1 Å². The first-order valence-electron chi connectivity index (χ1n) is 6.38. The molecule has 1 unspecified atom stereocenters. The van der Waals surface area contributed by atoms with Gasteiger partial charge in [-0.25, -0.2) is 0 Å². The van der Waals surface area contributed by atoms with Crippen LogP contribution >= 0.6 is 0 Å². The molecule has 0 saturated heterocycles. The Morgan fingerprint density at radius 3 is 2.53 bits per heavy atom. The van der Waals surface area contributed by atoms with E-state index in [1.807, 2.05) is 18.2 Å². The third-order valence-corrected chi connectivity index (χ3v) is 3.26. The van der Waals surface area contributed by atoms with E-state index in [2.05, 4.69) is 42.7 Å². The average Bonchev–Trinajstić information content (AvgIpc) is 2.46. The summed E-state index contributed by atoms with van der Waals surface area (Å²) in [7, 11) is 1.67. The molecule has 0 bridgehead atoms. The number of hydrazine groups is 1. The molecule has 2 rings (SSSR count). The van der Waals surface area contributed by atoms with Crippen LogP contribution in [0.4, 0.5) is 0 Å². The van der Waals surface area contributed by atoms with Crippen LogP contribution in [0.2, 0.25) is 0 Å². The molecule has 3 heteroatoms. The van der Waals surface area contributed by atoms with Crippen LogP contribution < -0.4 is 16.0 Å². The first kappa shape index (κ1) is 13.6. The molecule has 0 heterocycles. The predicted octanol–water partition coefficient (Wildman–Crippen LogP) is 2.75. The average molecular weight is 256 g/mol. The van der Waals surface area contributed by atoms with Gasteiger partial charge in [-0.15, -0.1) is 0 Å². The number of ether oxygens (including phenoxy) is 1. The van der Waals surface area contributed by atoms with Crippen LogP contribution in [0.1, 0.15) is 22.7 Å². The van der Waals surface area contributed by atoms with Gasteiger partial charge in [0.25, 0.3) is 0 Å². The molecule has 3 N–H and O–H groups in total. The number of methoxy groups -OCH3 is 1. The summed E-state index contributed by atoms with van der Waals surface area (Å²) in [5.41, 5.74) is 6.53. The van der Waals surface area contributed by atoms with E-state index in [9.17, 15) is 0 Å². The Morgan fingerprint density at radius 1 is 1.16 bits per heavy atom. The van der Waals surface area contributed by atoms with Crippen molar-refractivity contribution in [2.45, 2.75) is 19.4 Å². The van der Waals surface area contributed by atoms with E-state index in [4.69, 9.17) is 10.6 Å². The van der Waals surface area contributed by atoms with E-state index in [0.717, 1.165) is 17.7 Å². The van der Waals surface area contributed by atoms with Crippen molar-refractivity contribution in [3.63, 3.8) is 0 Å². The lowest BCUT2D eigenvalue weighted by molar-refractivity contribution is 0.413. The van der Waals surface area contributed by atoms with Crippen molar-refractivity contribution in [1.82, 2.24) is 5.43 Å². The van der Waals surface area contributed by atoms with Crippen LogP contribution in [0.15, 0.2) is 48.5 Å². The summed E-state index contributed by atoms with van der Waals surface area (Å²) < 4.78 is 5.25. The summed E-state index contributed by atoms with van der Waals surface area (Å²) in [4.78, 5) is 0. The maximum Gasteiger partial charge on any atom is 0.119 e. The number of benzene rings is 2. The minimum Gasteiger partial charge on any atom is -0.497 e. The van der Waals surface area contributed by atoms with Gasteiger partial charge in [-0.05, 0) is 36.6 Å². The SMILES string of the molecule is COc1cccc(C(Cc2ccc(C)cc2)NN)c1. The molecule has 1 atom stereocenters. The fourth-order valence-corrected chi connectivity index (χ4v) is 2.09. The van der Waals surface area contributed by atoms with Crippen molar-refractivity contribution in [3.8, 4) is 5.75 Å².